The van der Waals surface area contributed by atoms with E-state index in [0.29, 0.717) is 0 Å². The van der Waals surface area contributed by atoms with E-state index in [9.17, 15) is 26.6 Å². The van der Waals surface area contributed by atoms with Gasteiger partial charge in [-0.3, -0.25) is 4.79 Å². The highest BCUT2D eigenvalue weighted by Crippen LogP contribution is 2.42. The quantitative estimate of drug-likeness (QED) is 0.578. The largest absolute Gasteiger partial charge is 0.491 e. The zero-order valence-corrected chi connectivity index (χ0v) is 18.7. The molecule has 0 spiro atoms. The first-order chi connectivity index (χ1) is 15.4. The first-order valence-electron chi connectivity index (χ1n) is 9.56. The molecule has 1 unspecified atom stereocenters. The summed E-state index contributed by atoms with van der Waals surface area (Å²) in [5.74, 6) is -3.83. The Bertz CT molecular complexity index is 1160. The molecule has 2 N–H and O–H groups in total. The highest BCUT2D eigenvalue weighted by Gasteiger charge is 2.53. The van der Waals surface area contributed by atoms with Crippen molar-refractivity contribution in [2.24, 2.45) is 0 Å². The molecule has 2 heterocycles. The number of pyridine rings is 1. The first kappa shape index (κ1) is 24.7. The van der Waals surface area contributed by atoms with E-state index in [2.05, 4.69) is 10.3 Å². The number of alkyl halides is 2. The fourth-order valence-electron chi connectivity index (χ4n) is 3.65. The molecule has 1 aromatic carbocycles. The van der Waals surface area contributed by atoms with Crippen LogP contribution in [-0.2, 0) is 19.3 Å². The summed E-state index contributed by atoms with van der Waals surface area (Å²) in [6.07, 6.45) is -1.05. The number of methoxy groups -OCH3 is 2. The second-order valence-electron chi connectivity index (χ2n) is 7.55. The molecule has 1 fully saturated rings. The molecule has 8 nitrogen and oxygen atoms in total. The van der Waals surface area contributed by atoms with Crippen molar-refractivity contribution in [1.82, 2.24) is 4.98 Å². The van der Waals surface area contributed by atoms with Gasteiger partial charge in [-0.25, -0.2) is 27.1 Å². The Hall–Kier alpha value is -2.93. The number of carbonyl (C=O) groups is 1. The van der Waals surface area contributed by atoms with Crippen molar-refractivity contribution in [3.63, 3.8) is 0 Å². The Morgan fingerprint density at radius 3 is 2.61 bits per heavy atom. The minimum Gasteiger partial charge on any atom is -0.491 e. The molecule has 1 amide bonds. The topological polar surface area (TPSA) is 105 Å². The second-order valence-corrected chi connectivity index (χ2v) is 9.65. The number of rotatable bonds is 7. The molecule has 1 saturated heterocycles. The number of carbonyl (C=O) groups excluding carboxylic acids is 1. The molecule has 2 aromatic rings. The van der Waals surface area contributed by atoms with Crippen LogP contribution < -0.4 is 15.0 Å². The van der Waals surface area contributed by atoms with Crippen molar-refractivity contribution >= 4 is 27.0 Å². The van der Waals surface area contributed by atoms with Crippen LogP contribution in [0.5, 0.6) is 5.75 Å². The maximum absolute atomic E-state index is 14.3. The monoisotopic (exact) mass is 490 g/mol. The van der Waals surface area contributed by atoms with Gasteiger partial charge < -0.3 is 19.7 Å². The third-order valence-electron chi connectivity index (χ3n) is 5.40. The molecule has 0 bridgehead atoms. The zero-order valence-electron chi connectivity index (χ0n) is 17.9. The number of anilines is 2. The van der Waals surface area contributed by atoms with Crippen LogP contribution in [0.15, 0.2) is 35.5 Å². The predicted octanol–water partition coefficient (Wildman–Crippen LogP) is 3.27. The molecule has 3 rings (SSSR count). The van der Waals surface area contributed by atoms with E-state index in [0.717, 1.165) is 32.6 Å². The standard InChI is InChI=1S/C20H22F4N4O4S/c1-31-17-13(5-4-12(21)16(17)22)28-10-20(32-2,19(23)24)9-14(28)18(29)27-11-6-7-26-15(8-11)33(3,25)30/h4-8,14,19,25H,9-10H2,1-3H3,(H,26,27,29)/t14-,20+,33?/m1/s1. The highest BCUT2D eigenvalue weighted by atomic mass is 32.2. The number of nitrogens with one attached hydrogen (secondary N) is 2. The van der Waals surface area contributed by atoms with Crippen LogP contribution in [0.4, 0.5) is 28.9 Å². The molecule has 33 heavy (non-hydrogen) atoms. The van der Waals surface area contributed by atoms with E-state index in [1.165, 1.54) is 23.2 Å². The number of amides is 1. The number of halogens is 4. The van der Waals surface area contributed by atoms with Crippen molar-refractivity contribution in [2.75, 3.05) is 37.2 Å². The van der Waals surface area contributed by atoms with E-state index in [1.54, 1.807) is 0 Å². The molecule has 0 radical (unpaired) electrons. The van der Waals surface area contributed by atoms with Crippen LogP contribution in [0, 0.1) is 16.4 Å². The lowest BCUT2D eigenvalue weighted by Gasteiger charge is -2.29. The molecule has 3 atom stereocenters. The third-order valence-corrected chi connectivity index (χ3v) is 6.43. The van der Waals surface area contributed by atoms with E-state index in [-0.39, 0.29) is 16.4 Å². The summed E-state index contributed by atoms with van der Waals surface area (Å²) in [5.41, 5.74) is -2.02. The lowest BCUT2D eigenvalue weighted by Crippen LogP contribution is -2.42. The minimum atomic E-state index is -3.17. The number of ether oxygens (including phenoxy) is 2. The first-order valence-corrected chi connectivity index (χ1v) is 11.5. The van der Waals surface area contributed by atoms with Gasteiger partial charge in [0.25, 0.3) is 6.43 Å². The second kappa shape index (κ2) is 9.14. The van der Waals surface area contributed by atoms with Gasteiger partial charge >= 0.3 is 0 Å². The summed E-state index contributed by atoms with van der Waals surface area (Å²) >= 11 is 0. The van der Waals surface area contributed by atoms with Gasteiger partial charge in [-0.15, -0.1) is 0 Å². The lowest BCUT2D eigenvalue weighted by atomic mass is 10.00. The molecule has 1 aromatic heterocycles. The van der Waals surface area contributed by atoms with Gasteiger partial charge in [0.15, 0.2) is 11.6 Å². The fraction of sp³-hybridized carbons (Fsp3) is 0.400. The van der Waals surface area contributed by atoms with Crippen LogP contribution >= 0.6 is 0 Å². The van der Waals surface area contributed by atoms with Gasteiger partial charge in [0.1, 0.15) is 16.7 Å². The van der Waals surface area contributed by atoms with Gasteiger partial charge in [-0.05, 0) is 24.3 Å². The van der Waals surface area contributed by atoms with Gasteiger partial charge in [-0.1, -0.05) is 0 Å². The van der Waals surface area contributed by atoms with Crippen molar-refractivity contribution in [3.05, 3.63) is 42.1 Å². The van der Waals surface area contributed by atoms with E-state index < -0.39 is 64.1 Å². The van der Waals surface area contributed by atoms with E-state index >= 15 is 0 Å². The van der Waals surface area contributed by atoms with Crippen LogP contribution in [0.2, 0.25) is 0 Å². The average molecular weight is 490 g/mol. The highest BCUT2D eigenvalue weighted by molar-refractivity contribution is 7.91. The van der Waals surface area contributed by atoms with Crippen molar-refractivity contribution in [2.45, 2.75) is 29.5 Å². The number of aromatic nitrogens is 1. The molecule has 0 aliphatic carbocycles. The SMILES string of the molecule is COc1c(N2C[C@](OC)(C(F)F)C[C@@H]2C(=O)Nc2ccnc(S(C)(=N)=O)c2)ccc(F)c1F. The van der Waals surface area contributed by atoms with Crippen LogP contribution in [-0.4, -0.2) is 60.2 Å². The van der Waals surface area contributed by atoms with E-state index in [1.807, 2.05) is 0 Å². The maximum atomic E-state index is 14.3. The molecule has 13 heteroatoms. The summed E-state index contributed by atoms with van der Waals surface area (Å²) in [6.45, 7) is -0.502. The van der Waals surface area contributed by atoms with Gasteiger partial charge in [0, 0.05) is 31.7 Å². The summed E-state index contributed by atoms with van der Waals surface area (Å²) in [4.78, 5) is 18.1. The minimum absolute atomic E-state index is 0.0790. The number of hydrogen-bond acceptors (Lipinski definition) is 7. The van der Waals surface area contributed by atoms with Gasteiger partial charge in [-0.2, -0.15) is 4.39 Å². The summed E-state index contributed by atoms with van der Waals surface area (Å²) in [6, 6.07) is 3.27. The zero-order chi connectivity index (χ0) is 24.6. The van der Waals surface area contributed by atoms with Crippen molar-refractivity contribution < 1.29 is 36.0 Å². The molecule has 1 aliphatic rings. The molecular weight excluding hydrogens is 468 g/mol. The van der Waals surface area contributed by atoms with Crippen LogP contribution in [0.3, 0.4) is 0 Å². The number of hydrogen-bond donors (Lipinski definition) is 2. The smallest absolute Gasteiger partial charge is 0.268 e. The van der Waals surface area contributed by atoms with Crippen LogP contribution in [0.25, 0.3) is 0 Å². The van der Waals surface area contributed by atoms with E-state index in [4.69, 9.17) is 14.3 Å². The molecule has 1 aliphatic heterocycles. The Kier molecular flexibility index (Phi) is 6.84. The Morgan fingerprint density at radius 2 is 2.03 bits per heavy atom. The van der Waals surface area contributed by atoms with Gasteiger partial charge in [0.05, 0.1) is 29.1 Å². The molecular formula is C20H22F4N4O4S. The van der Waals surface area contributed by atoms with Gasteiger partial charge in [0.2, 0.25) is 11.7 Å². The van der Waals surface area contributed by atoms with Crippen LogP contribution in [0.1, 0.15) is 6.42 Å². The third kappa shape index (κ3) is 4.74. The predicted molar refractivity (Wildman–Crippen MR) is 112 cm³/mol. The Morgan fingerprint density at radius 1 is 1.33 bits per heavy atom. The maximum Gasteiger partial charge on any atom is 0.268 e. The molecule has 0 saturated carbocycles. The Balaban J connectivity index is 2.02. The lowest BCUT2D eigenvalue weighted by molar-refractivity contribution is -0.122. The normalized spacial score (nSPS) is 22.3. The average Bonchev–Trinajstić information content (AvgIpc) is 3.16. The van der Waals surface area contributed by atoms with Crippen molar-refractivity contribution in [3.8, 4) is 5.75 Å². The summed E-state index contributed by atoms with van der Waals surface area (Å²) in [5, 5.41) is 2.44. The van der Waals surface area contributed by atoms with Crippen molar-refractivity contribution in [1.29, 1.82) is 4.78 Å². The Labute approximate surface area is 187 Å². The number of nitrogens with zero attached hydrogens (tertiary/aromatic N) is 2. The number of benzene rings is 1. The summed E-state index contributed by atoms with van der Waals surface area (Å²) < 4.78 is 85.6. The fourth-order valence-corrected chi connectivity index (χ4v) is 4.26. The summed E-state index contributed by atoms with van der Waals surface area (Å²) in [7, 11) is -1.01. The molecule has 180 valence electrons.